The summed E-state index contributed by atoms with van der Waals surface area (Å²) < 4.78 is 49.1. The number of anilines is 1. The van der Waals surface area contributed by atoms with Crippen molar-refractivity contribution in [2.45, 2.75) is 24.5 Å². The maximum absolute atomic E-state index is 15.0. The molecule has 0 aliphatic heterocycles. The van der Waals surface area contributed by atoms with E-state index in [9.17, 15) is 0 Å². The largest absolute Gasteiger partial charge is 0.497 e. The molecule has 13 heteroatoms. The molecule has 6 rings (SSSR count). The minimum absolute atomic E-state index is 0.0367. The number of hydrogen-bond donors (Lipinski definition) is 1. The van der Waals surface area contributed by atoms with Gasteiger partial charge in [-0.3, -0.25) is 0 Å². The number of tetrazole rings is 1. The maximum atomic E-state index is 15.0. The van der Waals surface area contributed by atoms with Gasteiger partial charge in [0.25, 0.3) is 0 Å². The molecule has 0 saturated carbocycles. The first-order valence-electron chi connectivity index (χ1n) is 15.3. The molecule has 2 N–H and O–H groups in total. The fraction of sp³-hybridized carbons (Fsp3) is 0.167. The molecule has 4 aromatic carbocycles. The average Bonchev–Trinajstić information content (AvgIpc) is 3.60. The van der Waals surface area contributed by atoms with Crippen LogP contribution in [-0.2, 0) is 29.7 Å². The number of benzene rings is 4. The molecule has 0 radical (unpaired) electrons. The predicted molar refractivity (Wildman–Crippen MR) is 185 cm³/mol. The van der Waals surface area contributed by atoms with Crippen LogP contribution in [0.15, 0.2) is 114 Å². The van der Waals surface area contributed by atoms with Crippen molar-refractivity contribution >= 4 is 15.8 Å². The van der Waals surface area contributed by atoms with Crippen molar-refractivity contribution in [2.24, 2.45) is 0 Å². The Hall–Kier alpha value is -5.79. The first kappa shape index (κ1) is 33.1. The Morgan fingerprint density at radius 2 is 1.27 bits per heavy atom. The lowest BCUT2D eigenvalue weighted by Crippen LogP contribution is -2.31. The van der Waals surface area contributed by atoms with Gasteiger partial charge in [-0.1, -0.05) is 48.5 Å². The number of rotatable bonds is 13. The number of ether oxygens (including phenoxy) is 3. The number of nitrogens with zero attached hydrogens (tertiary/aromatic N) is 6. The number of aromatic nitrogens is 5. The van der Waals surface area contributed by atoms with Crippen LogP contribution in [0.3, 0.4) is 0 Å². The van der Waals surface area contributed by atoms with E-state index < -0.39 is 10.0 Å². The molecule has 6 aromatic rings. The minimum Gasteiger partial charge on any atom is -0.497 e. The highest BCUT2D eigenvalue weighted by Crippen LogP contribution is 2.38. The second-order valence-electron chi connectivity index (χ2n) is 11.1. The topological polar surface area (TPSA) is 148 Å². The third-order valence-corrected chi connectivity index (χ3v) is 9.86. The molecule has 250 valence electrons. The van der Waals surface area contributed by atoms with Crippen LogP contribution in [0.5, 0.6) is 17.2 Å². The Balaban J connectivity index is 1.50. The third-order valence-electron chi connectivity index (χ3n) is 8.02. The predicted octanol–water partition coefficient (Wildman–Crippen LogP) is 5.45. The average molecular weight is 678 g/mol. The van der Waals surface area contributed by atoms with Gasteiger partial charge in [0.1, 0.15) is 23.1 Å². The number of nitrogens with two attached hydrogens (primary N) is 1. The first-order valence-corrected chi connectivity index (χ1v) is 16.7. The highest BCUT2D eigenvalue weighted by molar-refractivity contribution is 7.89. The van der Waals surface area contributed by atoms with E-state index in [4.69, 9.17) is 19.9 Å². The summed E-state index contributed by atoms with van der Waals surface area (Å²) in [6, 6.07) is 30.7. The van der Waals surface area contributed by atoms with Gasteiger partial charge in [0.05, 0.1) is 32.8 Å². The van der Waals surface area contributed by atoms with E-state index in [1.54, 1.807) is 80.7 Å². The summed E-state index contributed by atoms with van der Waals surface area (Å²) in [6.45, 7) is 0.450. The maximum Gasteiger partial charge on any atom is 0.244 e. The van der Waals surface area contributed by atoms with Gasteiger partial charge in [0.15, 0.2) is 5.82 Å². The monoisotopic (exact) mass is 677 g/mol. The van der Waals surface area contributed by atoms with E-state index in [0.717, 1.165) is 16.7 Å². The molecule has 49 heavy (non-hydrogen) atoms. The second kappa shape index (κ2) is 14.5. The number of pyridine rings is 1. The molecule has 0 spiro atoms. The summed E-state index contributed by atoms with van der Waals surface area (Å²) >= 11 is 0. The van der Waals surface area contributed by atoms with Crippen molar-refractivity contribution in [1.82, 2.24) is 29.5 Å². The smallest absolute Gasteiger partial charge is 0.244 e. The van der Waals surface area contributed by atoms with Gasteiger partial charge in [-0.15, -0.1) is 5.10 Å². The first-order chi connectivity index (χ1) is 23.8. The lowest BCUT2D eigenvalue weighted by Gasteiger charge is -2.25. The lowest BCUT2D eigenvalue weighted by molar-refractivity contribution is 0.397. The Morgan fingerprint density at radius 3 is 1.78 bits per heavy atom. The van der Waals surface area contributed by atoms with E-state index >= 15 is 8.42 Å². The molecule has 0 saturated heterocycles. The normalized spacial score (nSPS) is 11.4. The molecular weight excluding hydrogens is 643 g/mol. The molecule has 0 atom stereocenters. The van der Waals surface area contributed by atoms with Crippen molar-refractivity contribution in [3.05, 3.63) is 126 Å². The minimum atomic E-state index is -4.22. The standard InChI is InChI=1S/C36H35N7O5S/c1-46-29-14-7-25(8-15-29)22-42(23-26-9-16-30(47-2)17-10-26)49(44,45)33-6-4-5-32(28-13-20-34(37)38-21-28)35(33)36-39-40-41-43(36)24-27-11-18-31(48-3)19-12-27/h4-21H,22-24H2,1-3H3,(H2,37,38). The summed E-state index contributed by atoms with van der Waals surface area (Å²) in [5.74, 6) is 2.66. The molecule has 0 bridgehead atoms. The zero-order valence-corrected chi connectivity index (χ0v) is 28.0. The second-order valence-corrected chi connectivity index (χ2v) is 13.0. The Labute approximate surface area is 284 Å². The van der Waals surface area contributed by atoms with Gasteiger partial charge >= 0.3 is 0 Å². The molecule has 0 aliphatic carbocycles. The van der Waals surface area contributed by atoms with Crippen LogP contribution in [0.2, 0.25) is 0 Å². The molecule has 12 nitrogen and oxygen atoms in total. The molecule has 2 heterocycles. The zero-order valence-electron chi connectivity index (χ0n) is 27.2. The Morgan fingerprint density at radius 1 is 0.714 bits per heavy atom. The summed E-state index contributed by atoms with van der Waals surface area (Å²) in [7, 11) is 0.553. The Bertz CT molecular complexity index is 2070. The number of sulfonamides is 1. The van der Waals surface area contributed by atoms with E-state index in [-0.39, 0.29) is 30.4 Å². The SMILES string of the molecule is COc1ccc(CN(Cc2ccc(OC)cc2)S(=O)(=O)c2cccc(-c3ccc(N)nc3)c2-c2nnnn2Cc2ccc(OC)cc2)cc1. The van der Waals surface area contributed by atoms with E-state index in [1.807, 2.05) is 54.6 Å². The number of methoxy groups -OCH3 is 3. The van der Waals surface area contributed by atoms with Crippen molar-refractivity contribution in [2.75, 3.05) is 27.1 Å². The quantitative estimate of drug-likeness (QED) is 0.167. The van der Waals surface area contributed by atoms with Gasteiger partial charge < -0.3 is 19.9 Å². The van der Waals surface area contributed by atoms with Crippen LogP contribution in [0.4, 0.5) is 5.82 Å². The van der Waals surface area contributed by atoms with Crippen molar-refractivity contribution in [3.63, 3.8) is 0 Å². The van der Waals surface area contributed by atoms with E-state index in [2.05, 4.69) is 20.5 Å². The fourth-order valence-corrected chi connectivity index (χ4v) is 7.04. The molecule has 2 aromatic heterocycles. The van der Waals surface area contributed by atoms with E-state index in [0.29, 0.717) is 39.8 Å². The Kier molecular flexibility index (Phi) is 9.83. The fourth-order valence-electron chi connectivity index (χ4n) is 5.41. The number of nitrogen functional groups attached to an aromatic ring is 1. The van der Waals surface area contributed by atoms with Gasteiger partial charge in [-0.05, 0) is 87.3 Å². The van der Waals surface area contributed by atoms with Crippen molar-refractivity contribution in [3.8, 4) is 39.8 Å². The highest BCUT2D eigenvalue weighted by Gasteiger charge is 2.32. The summed E-state index contributed by atoms with van der Waals surface area (Å²) in [4.78, 5) is 4.32. The van der Waals surface area contributed by atoms with Crippen LogP contribution in [0.1, 0.15) is 16.7 Å². The van der Waals surface area contributed by atoms with Crippen LogP contribution >= 0.6 is 0 Å². The summed E-state index contributed by atoms with van der Waals surface area (Å²) in [5, 5.41) is 12.6. The van der Waals surface area contributed by atoms with Gasteiger partial charge in [0.2, 0.25) is 10.0 Å². The molecule has 0 aliphatic rings. The lowest BCUT2D eigenvalue weighted by atomic mass is 10.0. The van der Waals surface area contributed by atoms with Crippen molar-refractivity contribution < 1.29 is 22.6 Å². The van der Waals surface area contributed by atoms with Gasteiger partial charge in [-0.25, -0.2) is 18.1 Å². The molecule has 0 fully saturated rings. The molecule has 0 amide bonds. The zero-order chi connectivity index (χ0) is 34.4. The molecule has 0 unspecified atom stereocenters. The number of hydrogen-bond acceptors (Lipinski definition) is 10. The van der Waals surface area contributed by atoms with Gasteiger partial charge in [-0.2, -0.15) is 4.31 Å². The summed E-state index contributed by atoms with van der Waals surface area (Å²) in [5.41, 5.74) is 9.93. The van der Waals surface area contributed by atoms with Crippen LogP contribution in [0.25, 0.3) is 22.5 Å². The highest BCUT2D eigenvalue weighted by atomic mass is 32.2. The van der Waals surface area contributed by atoms with Gasteiger partial charge in [0, 0.05) is 30.4 Å². The summed E-state index contributed by atoms with van der Waals surface area (Å²) in [6.07, 6.45) is 1.61. The van der Waals surface area contributed by atoms with Crippen LogP contribution in [-0.4, -0.2) is 59.2 Å². The third kappa shape index (κ3) is 7.37. The van der Waals surface area contributed by atoms with E-state index in [1.165, 1.54) is 4.31 Å². The van der Waals surface area contributed by atoms with Crippen molar-refractivity contribution in [1.29, 1.82) is 0 Å². The van der Waals surface area contributed by atoms with Crippen LogP contribution in [0, 0.1) is 0 Å². The molecular formula is C36H35N7O5S. The van der Waals surface area contributed by atoms with Crippen LogP contribution < -0.4 is 19.9 Å².